The summed E-state index contributed by atoms with van der Waals surface area (Å²) in [6, 6.07) is 11.4. The normalized spacial score (nSPS) is 10.1. The summed E-state index contributed by atoms with van der Waals surface area (Å²) in [4.78, 5) is 11.2. The molecule has 2 rings (SSSR count). The van der Waals surface area contributed by atoms with E-state index in [0.29, 0.717) is 18.1 Å². The van der Waals surface area contributed by atoms with Crippen molar-refractivity contribution in [3.8, 4) is 17.2 Å². The van der Waals surface area contributed by atoms with E-state index in [1.165, 1.54) is 6.07 Å². The van der Waals surface area contributed by atoms with Gasteiger partial charge in [0, 0.05) is 12.1 Å². The molecule has 2 aromatic carbocycles. The summed E-state index contributed by atoms with van der Waals surface area (Å²) >= 11 is 5.88. The van der Waals surface area contributed by atoms with Gasteiger partial charge in [0.2, 0.25) is 0 Å². The molecule has 22 heavy (non-hydrogen) atoms. The fourth-order valence-corrected chi connectivity index (χ4v) is 1.79. The van der Waals surface area contributed by atoms with Gasteiger partial charge in [0.25, 0.3) is 0 Å². The van der Waals surface area contributed by atoms with Crippen LogP contribution in [0, 0.1) is 11.9 Å². The molecule has 0 atom stereocenters. The van der Waals surface area contributed by atoms with Crippen LogP contribution in [0.4, 0.5) is 4.39 Å². The lowest BCUT2D eigenvalue weighted by Gasteiger charge is -2.10. The first-order valence-corrected chi connectivity index (χ1v) is 6.89. The Morgan fingerprint density at radius 3 is 2.82 bits per heavy atom. The van der Waals surface area contributed by atoms with Crippen molar-refractivity contribution >= 4 is 17.6 Å². The Balaban J connectivity index is 2.03. The number of hydrogen-bond donors (Lipinski definition) is 0. The highest BCUT2D eigenvalue weighted by Crippen LogP contribution is 2.31. The smallest absolute Gasteiger partial charge is 0.344 e. The fraction of sp³-hybridized carbons (Fsp3) is 0.188. The first-order valence-electron chi connectivity index (χ1n) is 6.51. The summed E-state index contributed by atoms with van der Waals surface area (Å²) in [5.74, 6) is 0.121. The Morgan fingerprint density at radius 1 is 1.32 bits per heavy atom. The lowest BCUT2D eigenvalue weighted by atomic mass is 10.3. The average Bonchev–Trinajstić information content (AvgIpc) is 2.49. The number of benzene rings is 2. The second-order valence-electron chi connectivity index (χ2n) is 4.16. The van der Waals surface area contributed by atoms with E-state index in [4.69, 9.17) is 25.8 Å². The van der Waals surface area contributed by atoms with Crippen molar-refractivity contribution in [2.45, 2.75) is 6.92 Å². The molecule has 115 valence electrons. The second kappa shape index (κ2) is 7.66. The van der Waals surface area contributed by atoms with Crippen molar-refractivity contribution < 1.29 is 23.4 Å². The predicted molar refractivity (Wildman–Crippen MR) is 78.9 cm³/mol. The predicted octanol–water partition coefficient (Wildman–Crippen LogP) is 4.01. The quantitative estimate of drug-likeness (QED) is 0.753. The van der Waals surface area contributed by atoms with Crippen molar-refractivity contribution in [3.05, 3.63) is 53.3 Å². The van der Waals surface area contributed by atoms with E-state index in [2.05, 4.69) is 6.07 Å². The van der Waals surface area contributed by atoms with Gasteiger partial charge in [0.05, 0.1) is 11.6 Å². The van der Waals surface area contributed by atoms with E-state index < -0.39 is 11.8 Å². The molecule has 0 amide bonds. The van der Waals surface area contributed by atoms with E-state index in [9.17, 15) is 9.18 Å². The Bertz CT molecular complexity index is 660. The molecule has 0 aliphatic carbocycles. The van der Waals surface area contributed by atoms with Gasteiger partial charge in [-0.2, -0.15) is 0 Å². The van der Waals surface area contributed by atoms with E-state index in [-0.39, 0.29) is 17.4 Å². The topological polar surface area (TPSA) is 44.8 Å². The van der Waals surface area contributed by atoms with Crippen LogP contribution in [0.5, 0.6) is 17.2 Å². The van der Waals surface area contributed by atoms with E-state index >= 15 is 0 Å². The molecule has 0 bridgehead atoms. The van der Waals surface area contributed by atoms with Crippen molar-refractivity contribution in [2.75, 3.05) is 13.2 Å². The first-order chi connectivity index (χ1) is 10.6. The van der Waals surface area contributed by atoms with Crippen molar-refractivity contribution in [3.63, 3.8) is 0 Å². The lowest BCUT2D eigenvalue weighted by molar-refractivity contribution is -0.145. The maximum absolute atomic E-state index is 12.9. The van der Waals surface area contributed by atoms with E-state index in [0.717, 1.165) is 6.07 Å². The zero-order chi connectivity index (χ0) is 15.9. The van der Waals surface area contributed by atoms with Gasteiger partial charge in [-0.25, -0.2) is 9.18 Å². The van der Waals surface area contributed by atoms with Gasteiger partial charge in [0.15, 0.2) is 6.61 Å². The lowest BCUT2D eigenvalue weighted by Crippen LogP contribution is -2.14. The highest BCUT2D eigenvalue weighted by Gasteiger charge is 2.07. The minimum absolute atomic E-state index is 0.133. The Kier molecular flexibility index (Phi) is 5.61. The highest BCUT2D eigenvalue weighted by molar-refractivity contribution is 6.32. The monoisotopic (exact) mass is 323 g/mol. The van der Waals surface area contributed by atoms with Crippen LogP contribution in [0.1, 0.15) is 6.92 Å². The minimum Gasteiger partial charge on any atom is -0.482 e. The van der Waals surface area contributed by atoms with Crippen LogP contribution in [0.3, 0.4) is 0 Å². The molecule has 2 aromatic rings. The summed E-state index contributed by atoms with van der Waals surface area (Å²) in [5.41, 5.74) is 0. The molecule has 0 aromatic heterocycles. The number of carbonyl (C=O) groups excluding carboxylic acids is 1. The van der Waals surface area contributed by atoms with Gasteiger partial charge < -0.3 is 14.2 Å². The molecule has 0 N–H and O–H groups in total. The second-order valence-corrected chi connectivity index (χ2v) is 4.57. The zero-order valence-electron chi connectivity index (χ0n) is 11.8. The van der Waals surface area contributed by atoms with Gasteiger partial charge in [-0.3, -0.25) is 0 Å². The van der Waals surface area contributed by atoms with Crippen LogP contribution in [-0.4, -0.2) is 19.2 Å². The Morgan fingerprint density at radius 2 is 2.09 bits per heavy atom. The van der Waals surface area contributed by atoms with Crippen LogP contribution in [0.25, 0.3) is 0 Å². The number of rotatable bonds is 6. The summed E-state index contributed by atoms with van der Waals surface area (Å²) < 4.78 is 28.5. The van der Waals surface area contributed by atoms with Crippen LogP contribution >= 0.6 is 11.6 Å². The molecule has 0 aliphatic heterocycles. The van der Waals surface area contributed by atoms with Gasteiger partial charge in [0.1, 0.15) is 23.1 Å². The standard InChI is InChI=1S/C16H13ClFO4/c1-2-20-16(19)10-21-12-4-3-5-13(9-12)22-15-7-6-11(18)8-14(15)17/h3-5,7-9H,2,10H2,1H3. The fourth-order valence-electron chi connectivity index (χ4n) is 1.61. The van der Waals surface area contributed by atoms with Gasteiger partial charge in [-0.1, -0.05) is 17.7 Å². The zero-order valence-corrected chi connectivity index (χ0v) is 12.5. The average molecular weight is 324 g/mol. The van der Waals surface area contributed by atoms with Crippen molar-refractivity contribution in [1.82, 2.24) is 0 Å². The van der Waals surface area contributed by atoms with Gasteiger partial charge in [-0.05, 0) is 31.2 Å². The van der Waals surface area contributed by atoms with Crippen molar-refractivity contribution in [2.24, 2.45) is 0 Å². The minimum atomic E-state index is -0.566. The molecule has 1 radical (unpaired) electrons. The van der Waals surface area contributed by atoms with Crippen LogP contribution in [-0.2, 0) is 9.53 Å². The molecule has 6 heteroatoms. The van der Waals surface area contributed by atoms with E-state index in [1.54, 1.807) is 31.2 Å². The van der Waals surface area contributed by atoms with Crippen LogP contribution in [0.2, 0.25) is 5.02 Å². The third kappa shape index (κ3) is 4.63. The largest absolute Gasteiger partial charge is 0.482 e. The third-order valence-electron chi connectivity index (χ3n) is 2.53. The number of ether oxygens (including phenoxy) is 3. The molecule has 0 aliphatic rings. The third-order valence-corrected chi connectivity index (χ3v) is 2.82. The van der Waals surface area contributed by atoms with Crippen LogP contribution in [0.15, 0.2) is 36.4 Å². The van der Waals surface area contributed by atoms with Crippen LogP contribution < -0.4 is 9.47 Å². The molecule has 4 nitrogen and oxygen atoms in total. The number of hydrogen-bond acceptors (Lipinski definition) is 4. The molecule has 0 saturated carbocycles. The number of carbonyl (C=O) groups is 1. The molecular formula is C16H13ClFO4. The number of esters is 1. The molecular weight excluding hydrogens is 311 g/mol. The van der Waals surface area contributed by atoms with Crippen molar-refractivity contribution in [1.29, 1.82) is 0 Å². The summed E-state index contributed by atoms with van der Waals surface area (Å²) in [6.45, 7) is 1.82. The number of halogens is 2. The summed E-state index contributed by atoms with van der Waals surface area (Å²) in [6.07, 6.45) is 0. The SMILES string of the molecule is CCOC(=O)COc1cccc(Oc2c[c]c(F)cc2Cl)c1. The first kappa shape index (κ1) is 16.1. The molecule has 0 heterocycles. The molecule has 0 fully saturated rings. The molecule has 0 spiro atoms. The maximum atomic E-state index is 12.9. The Labute approximate surface area is 132 Å². The highest BCUT2D eigenvalue weighted by atomic mass is 35.5. The molecule has 0 saturated heterocycles. The van der Waals surface area contributed by atoms with Gasteiger partial charge in [-0.15, -0.1) is 0 Å². The van der Waals surface area contributed by atoms with Gasteiger partial charge >= 0.3 is 5.97 Å². The molecule has 0 unspecified atom stereocenters. The summed E-state index contributed by atoms with van der Waals surface area (Å²) in [7, 11) is 0. The summed E-state index contributed by atoms with van der Waals surface area (Å²) in [5, 5.41) is 0.133. The maximum Gasteiger partial charge on any atom is 0.344 e. The Hall–Kier alpha value is -2.27. The van der Waals surface area contributed by atoms with E-state index in [1.807, 2.05) is 0 Å².